The van der Waals surface area contributed by atoms with E-state index in [0.29, 0.717) is 0 Å². The molecule has 1 nitrogen and oxygen atoms in total. The van der Waals surface area contributed by atoms with Crippen LogP contribution in [0.15, 0.2) is 158 Å². The normalized spacial score (nSPS) is 13.3. The summed E-state index contributed by atoms with van der Waals surface area (Å²) in [6.07, 6.45) is 3.48. The number of hydrogen-bond donors (Lipinski definition) is 0. The fraction of sp³-hybridized carbons (Fsp3) is 0.122. The Balaban J connectivity index is 1.44. The maximum absolute atomic E-state index is 15.1. The van der Waals surface area contributed by atoms with Gasteiger partial charge in [-0.15, -0.1) is 0 Å². The van der Waals surface area contributed by atoms with Crippen LogP contribution in [0.25, 0.3) is 11.1 Å². The molecule has 0 aromatic heterocycles. The van der Waals surface area contributed by atoms with Crippen molar-refractivity contribution in [3.63, 3.8) is 0 Å². The first-order valence-electron chi connectivity index (χ1n) is 15.3. The zero-order valence-electron chi connectivity index (χ0n) is 24.5. The minimum atomic E-state index is -3.07. The molecule has 0 amide bonds. The molecule has 0 saturated carbocycles. The Morgan fingerprint density at radius 2 is 0.907 bits per heavy atom. The Morgan fingerprint density at radius 1 is 0.488 bits per heavy atom. The van der Waals surface area contributed by atoms with E-state index in [1.807, 2.05) is 60.7 Å². The average molecular weight is 575 g/mol. The molecule has 0 aliphatic heterocycles. The van der Waals surface area contributed by atoms with Crippen LogP contribution in [0, 0.1) is 0 Å². The third-order valence-electron chi connectivity index (χ3n) is 9.06. The van der Waals surface area contributed by atoms with E-state index in [9.17, 15) is 0 Å². The van der Waals surface area contributed by atoms with E-state index in [1.165, 1.54) is 51.8 Å². The number of hydrogen-bond acceptors (Lipinski definition) is 1. The predicted molar refractivity (Wildman–Crippen MR) is 182 cm³/mol. The van der Waals surface area contributed by atoms with Crippen molar-refractivity contribution in [3.8, 4) is 11.1 Å². The standard InChI is InChI=1S/C41H35OP/c1-2-3-14-31-23-25-32(26-24-31)41(39-21-12-10-19-37(39)38-20-11-13-22-40(38)41)33-27-29-36(30-28-33)43(42,34-15-6-4-7-16-34)35-17-8-5-9-18-35/h4-13,15-30H,2-3,14H2,1H3. The van der Waals surface area contributed by atoms with Gasteiger partial charge in [0.15, 0.2) is 7.14 Å². The maximum atomic E-state index is 15.1. The van der Waals surface area contributed by atoms with Gasteiger partial charge in [-0.2, -0.15) is 0 Å². The summed E-state index contributed by atoms with van der Waals surface area (Å²) in [4.78, 5) is 0. The molecule has 6 aromatic carbocycles. The van der Waals surface area contributed by atoms with Gasteiger partial charge in [0.2, 0.25) is 0 Å². The van der Waals surface area contributed by atoms with Crippen LogP contribution in [0.1, 0.15) is 47.6 Å². The van der Waals surface area contributed by atoms with E-state index in [4.69, 9.17) is 0 Å². The van der Waals surface area contributed by atoms with Crippen LogP contribution in [0.5, 0.6) is 0 Å². The highest BCUT2D eigenvalue weighted by atomic mass is 31.2. The zero-order chi connectivity index (χ0) is 29.3. The van der Waals surface area contributed by atoms with E-state index in [2.05, 4.69) is 104 Å². The molecule has 0 spiro atoms. The highest BCUT2D eigenvalue weighted by molar-refractivity contribution is 7.85. The van der Waals surface area contributed by atoms with E-state index in [0.717, 1.165) is 22.3 Å². The molecule has 0 radical (unpaired) electrons. The SMILES string of the molecule is CCCCc1ccc(C2(c3ccc(P(=O)(c4ccccc4)c4ccccc4)cc3)c3ccccc3-c3ccccc32)cc1. The zero-order valence-corrected chi connectivity index (χ0v) is 25.4. The lowest BCUT2D eigenvalue weighted by molar-refractivity contribution is 0.592. The molecule has 0 unspecified atom stereocenters. The third-order valence-corrected chi connectivity index (χ3v) is 12.1. The first-order chi connectivity index (χ1) is 21.2. The summed E-state index contributed by atoms with van der Waals surface area (Å²) in [7, 11) is -3.07. The molecule has 43 heavy (non-hydrogen) atoms. The molecule has 1 aliphatic carbocycles. The van der Waals surface area contributed by atoms with Crippen LogP contribution in [0.4, 0.5) is 0 Å². The molecule has 0 saturated heterocycles. The minimum absolute atomic E-state index is 0.474. The lowest BCUT2D eigenvalue weighted by Crippen LogP contribution is -2.30. The van der Waals surface area contributed by atoms with E-state index >= 15 is 4.57 Å². The summed E-state index contributed by atoms with van der Waals surface area (Å²) in [5.41, 5.74) is 8.47. The Morgan fingerprint density at radius 3 is 1.40 bits per heavy atom. The molecule has 0 heterocycles. The lowest BCUT2D eigenvalue weighted by atomic mass is 9.67. The molecule has 7 rings (SSSR count). The van der Waals surface area contributed by atoms with Crippen molar-refractivity contribution in [3.05, 3.63) is 186 Å². The van der Waals surface area contributed by atoms with Gasteiger partial charge in [0.05, 0.1) is 5.41 Å². The summed E-state index contributed by atoms with van der Waals surface area (Å²) in [6, 6.07) is 55.4. The summed E-state index contributed by atoms with van der Waals surface area (Å²) < 4.78 is 15.1. The first kappa shape index (κ1) is 27.4. The maximum Gasteiger partial charge on any atom is 0.171 e. The van der Waals surface area contributed by atoms with Crippen molar-refractivity contribution in [2.75, 3.05) is 0 Å². The monoisotopic (exact) mass is 574 g/mol. The molecule has 0 bridgehead atoms. The van der Waals surface area contributed by atoms with Gasteiger partial charge in [-0.25, -0.2) is 0 Å². The summed E-state index contributed by atoms with van der Waals surface area (Å²) in [6.45, 7) is 2.24. The van der Waals surface area contributed by atoms with E-state index in [1.54, 1.807) is 0 Å². The summed E-state index contributed by atoms with van der Waals surface area (Å²) in [5, 5.41) is 2.55. The topological polar surface area (TPSA) is 17.1 Å². The lowest BCUT2D eigenvalue weighted by Gasteiger charge is -2.34. The fourth-order valence-corrected chi connectivity index (χ4v) is 9.62. The van der Waals surface area contributed by atoms with Crippen LogP contribution in [0.3, 0.4) is 0 Å². The second-order valence-electron chi connectivity index (χ2n) is 11.5. The predicted octanol–water partition coefficient (Wildman–Crippen LogP) is 9.03. The minimum Gasteiger partial charge on any atom is -0.309 e. The summed E-state index contributed by atoms with van der Waals surface area (Å²) in [5.74, 6) is 0. The highest BCUT2D eigenvalue weighted by Gasteiger charge is 2.46. The molecule has 6 aromatic rings. The number of aryl methyl sites for hydroxylation is 1. The smallest absolute Gasteiger partial charge is 0.171 e. The molecule has 2 heteroatoms. The van der Waals surface area contributed by atoms with Crippen molar-refractivity contribution < 1.29 is 4.57 Å². The largest absolute Gasteiger partial charge is 0.309 e. The average Bonchev–Trinajstić information content (AvgIpc) is 3.39. The van der Waals surface area contributed by atoms with Crippen LogP contribution in [-0.2, 0) is 16.4 Å². The fourth-order valence-electron chi connectivity index (χ4n) is 6.97. The molecule has 210 valence electrons. The molecular formula is C41H35OP. The first-order valence-corrected chi connectivity index (χ1v) is 17.0. The van der Waals surface area contributed by atoms with Crippen molar-refractivity contribution in [1.82, 2.24) is 0 Å². The highest BCUT2D eigenvalue weighted by Crippen LogP contribution is 2.56. The second-order valence-corrected chi connectivity index (χ2v) is 14.2. The van der Waals surface area contributed by atoms with Crippen molar-refractivity contribution in [2.24, 2.45) is 0 Å². The molecular weight excluding hydrogens is 539 g/mol. The van der Waals surface area contributed by atoms with Crippen LogP contribution >= 0.6 is 7.14 Å². The van der Waals surface area contributed by atoms with Crippen molar-refractivity contribution in [2.45, 2.75) is 31.6 Å². The second kappa shape index (κ2) is 11.3. The Bertz CT molecular complexity index is 1820. The van der Waals surface area contributed by atoms with E-state index in [-0.39, 0.29) is 0 Å². The number of rotatable bonds is 8. The van der Waals surface area contributed by atoms with Gasteiger partial charge >= 0.3 is 0 Å². The van der Waals surface area contributed by atoms with Crippen LogP contribution in [0.2, 0.25) is 0 Å². The van der Waals surface area contributed by atoms with Gasteiger partial charge in [-0.1, -0.05) is 171 Å². The Kier molecular flexibility index (Phi) is 7.21. The number of benzene rings is 6. The van der Waals surface area contributed by atoms with Gasteiger partial charge in [0.1, 0.15) is 0 Å². The van der Waals surface area contributed by atoms with Gasteiger partial charge < -0.3 is 4.57 Å². The van der Waals surface area contributed by atoms with E-state index < -0.39 is 12.6 Å². The molecule has 0 N–H and O–H groups in total. The number of unbranched alkanes of at least 4 members (excludes halogenated alkanes) is 1. The summed E-state index contributed by atoms with van der Waals surface area (Å²) >= 11 is 0. The Hall–Kier alpha value is -4.45. The quantitative estimate of drug-likeness (QED) is 0.166. The van der Waals surface area contributed by atoms with Crippen molar-refractivity contribution in [1.29, 1.82) is 0 Å². The van der Waals surface area contributed by atoms with Gasteiger partial charge in [0, 0.05) is 15.9 Å². The molecule has 0 fully saturated rings. The van der Waals surface area contributed by atoms with Crippen molar-refractivity contribution >= 4 is 23.1 Å². The third kappa shape index (κ3) is 4.43. The Labute approximate surface area is 255 Å². The van der Waals surface area contributed by atoms with Gasteiger partial charge in [-0.3, -0.25) is 0 Å². The molecule has 1 aliphatic rings. The number of fused-ring (bicyclic) bond motifs is 3. The molecule has 0 atom stereocenters. The van der Waals surface area contributed by atoms with Gasteiger partial charge in [0.25, 0.3) is 0 Å². The van der Waals surface area contributed by atoms with Crippen LogP contribution in [-0.4, -0.2) is 0 Å². The van der Waals surface area contributed by atoms with Crippen LogP contribution < -0.4 is 15.9 Å². The van der Waals surface area contributed by atoms with Gasteiger partial charge in [-0.05, 0) is 51.8 Å².